The Hall–Kier alpha value is -1.40. The van der Waals surface area contributed by atoms with E-state index in [1.807, 2.05) is 13.0 Å². The topological polar surface area (TPSA) is 24.9 Å². The second-order valence-electron chi connectivity index (χ2n) is 4.52. The Morgan fingerprint density at radius 2 is 2.00 bits per heavy atom. The predicted molar refractivity (Wildman–Crippen MR) is 78.9 cm³/mol. The molecule has 0 radical (unpaired) electrons. The summed E-state index contributed by atoms with van der Waals surface area (Å²) in [7, 11) is 0. The smallest absolute Gasteiger partial charge is 0.305 e. The molecule has 0 spiro atoms. The third kappa shape index (κ3) is 4.04. The maximum atomic E-state index is 12.8. The highest BCUT2D eigenvalue weighted by atomic mass is 79.9. The summed E-state index contributed by atoms with van der Waals surface area (Å²) in [5.41, 5.74) is 0.570. The van der Waals surface area contributed by atoms with Crippen LogP contribution < -0.4 is 5.32 Å². The van der Waals surface area contributed by atoms with Crippen LogP contribution in [0.4, 0.5) is 13.2 Å². The van der Waals surface area contributed by atoms with Gasteiger partial charge >= 0.3 is 6.18 Å². The van der Waals surface area contributed by atoms with E-state index in [1.54, 1.807) is 18.3 Å². The zero-order chi connectivity index (χ0) is 15.5. The Morgan fingerprint density at radius 1 is 1.24 bits per heavy atom. The molecule has 2 aromatic rings. The molecule has 1 aromatic heterocycles. The fraction of sp³-hybridized carbons (Fsp3) is 0.267. The molecule has 0 saturated heterocycles. The molecule has 1 heterocycles. The summed E-state index contributed by atoms with van der Waals surface area (Å²) in [4.78, 5) is 4.27. The minimum atomic E-state index is -4.35. The Kier molecular flexibility index (Phi) is 5.00. The summed E-state index contributed by atoms with van der Waals surface area (Å²) < 4.78 is 39.3. The first-order chi connectivity index (χ1) is 9.91. The zero-order valence-corrected chi connectivity index (χ0v) is 12.9. The number of pyridine rings is 1. The summed E-state index contributed by atoms with van der Waals surface area (Å²) in [5.74, 6) is 0. The van der Waals surface area contributed by atoms with Crippen molar-refractivity contribution in [2.45, 2.75) is 19.1 Å². The molecule has 0 aliphatic carbocycles. The standard InChI is InChI=1S/C15H14BrF3N2/c1-2-20-14(13-7-6-12(16)9-21-13)10-4-3-5-11(8-10)15(17,18)19/h3-9,14,20H,2H2,1H3. The van der Waals surface area contributed by atoms with Crippen LogP contribution in [0.2, 0.25) is 0 Å². The van der Waals surface area contributed by atoms with Crippen molar-refractivity contribution in [3.63, 3.8) is 0 Å². The van der Waals surface area contributed by atoms with Gasteiger partial charge in [-0.15, -0.1) is 0 Å². The molecule has 2 nitrogen and oxygen atoms in total. The van der Waals surface area contributed by atoms with E-state index in [2.05, 4.69) is 26.2 Å². The Bertz CT molecular complexity index is 597. The number of aromatic nitrogens is 1. The number of hydrogen-bond acceptors (Lipinski definition) is 2. The van der Waals surface area contributed by atoms with Gasteiger partial charge in [-0.25, -0.2) is 0 Å². The lowest BCUT2D eigenvalue weighted by Crippen LogP contribution is -2.23. The van der Waals surface area contributed by atoms with E-state index in [-0.39, 0.29) is 6.04 Å². The molecule has 0 amide bonds. The first-order valence-corrected chi connectivity index (χ1v) is 7.23. The van der Waals surface area contributed by atoms with Crippen LogP contribution in [-0.4, -0.2) is 11.5 Å². The van der Waals surface area contributed by atoms with Gasteiger partial charge in [0, 0.05) is 10.7 Å². The Labute approximate surface area is 129 Å². The van der Waals surface area contributed by atoms with Gasteiger partial charge in [0.05, 0.1) is 17.3 Å². The van der Waals surface area contributed by atoms with Gasteiger partial charge in [0.25, 0.3) is 0 Å². The first-order valence-electron chi connectivity index (χ1n) is 6.44. The van der Waals surface area contributed by atoms with Gasteiger partial charge in [0.1, 0.15) is 0 Å². The summed E-state index contributed by atoms with van der Waals surface area (Å²) in [6.45, 7) is 2.53. The van der Waals surface area contributed by atoms with Gasteiger partial charge < -0.3 is 5.32 Å². The van der Waals surface area contributed by atoms with Gasteiger partial charge in [0.2, 0.25) is 0 Å². The molecule has 2 rings (SSSR count). The minimum absolute atomic E-state index is 0.370. The van der Waals surface area contributed by atoms with E-state index in [4.69, 9.17) is 0 Å². The van der Waals surface area contributed by atoms with Crippen molar-refractivity contribution in [3.8, 4) is 0 Å². The number of hydrogen-bond donors (Lipinski definition) is 1. The van der Waals surface area contributed by atoms with E-state index in [9.17, 15) is 13.2 Å². The fourth-order valence-corrected chi connectivity index (χ4v) is 2.28. The van der Waals surface area contributed by atoms with Crippen LogP contribution in [0.1, 0.15) is 29.8 Å². The summed E-state index contributed by atoms with van der Waals surface area (Å²) in [5, 5.41) is 3.17. The lowest BCUT2D eigenvalue weighted by molar-refractivity contribution is -0.137. The van der Waals surface area contributed by atoms with E-state index in [1.165, 1.54) is 6.07 Å². The Balaban J connectivity index is 2.41. The van der Waals surface area contributed by atoms with Crippen LogP contribution in [0, 0.1) is 0 Å². The SMILES string of the molecule is CCNC(c1cccc(C(F)(F)F)c1)c1ccc(Br)cn1. The monoisotopic (exact) mass is 358 g/mol. The maximum Gasteiger partial charge on any atom is 0.416 e. The average Bonchev–Trinajstić information content (AvgIpc) is 2.45. The third-order valence-electron chi connectivity index (χ3n) is 3.00. The summed E-state index contributed by atoms with van der Waals surface area (Å²) in [6.07, 6.45) is -2.72. The molecule has 1 aromatic carbocycles. The van der Waals surface area contributed by atoms with E-state index >= 15 is 0 Å². The van der Waals surface area contributed by atoms with E-state index < -0.39 is 11.7 Å². The number of benzene rings is 1. The number of nitrogens with one attached hydrogen (secondary N) is 1. The van der Waals surface area contributed by atoms with Crippen molar-refractivity contribution in [3.05, 3.63) is 63.9 Å². The summed E-state index contributed by atoms with van der Waals surface area (Å²) >= 11 is 3.30. The largest absolute Gasteiger partial charge is 0.416 e. The molecule has 0 bridgehead atoms. The van der Waals surface area contributed by atoms with Crippen LogP contribution >= 0.6 is 15.9 Å². The number of nitrogens with zero attached hydrogens (tertiary/aromatic N) is 1. The van der Waals surface area contributed by atoms with Crippen molar-refractivity contribution in [1.29, 1.82) is 0 Å². The third-order valence-corrected chi connectivity index (χ3v) is 3.47. The zero-order valence-electron chi connectivity index (χ0n) is 11.3. The van der Waals surface area contributed by atoms with Crippen molar-refractivity contribution in [2.24, 2.45) is 0 Å². The number of alkyl halides is 3. The van der Waals surface area contributed by atoms with Crippen molar-refractivity contribution >= 4 is 15.9 Å². The van der Waals surface area contributed by atoms with Gasteiger partial charge in [-0.1, -0.05) is 19.1 Å². The van der Waals surface area contributed by atoms with Crippen LogP contribution in [0.3, 0.4) is 0 Å². The van der Waals surface area contributed by atoms with Crippen molar-refractivity contribution < 1.29 is 13.2 Å². The highest BCUT2D eigenvalue weighted by molar-refractivity contribution is 9.10. The van der Waals surface area contributed by atoms with Gasteiger partial charge in [-0.05, 0) is 52.3 Å². The van der Waals surface area contributed by atoms with Crippen LogP contribution in [0.25, 0.3) is 0 Å². The molecule has 1 atom stereocenters. The molecule has 0 aliphatic rings. The maximum absolute atomic E-state index is 12.8. The molecule has 1 unspecified atom stereocenters. The highest BCUT2D eigenvalue weighted by Gasteiger charge is 2.31. The van der Waals surface area contributed by atoms with Crippen LogP contribution in [-0.2, 0) is 6.18 Å². The second-order valence-corrected chi connectivity index (χ2v) is 5.43. The Morgan fingerprint density at radius 3 is 2.57 bits per heavy atom. The molecular formula is C15H14BrF3N2. The average molecular weight is 359 g/mol. The van der Waals surface area contributed by atoms with Gasteiger partial charge in [0.15, 0.2) is 0 Å². The molecule has 0 fully saturated rings. The van der Waals surface area contributed by atoms with Crippen molar-refractivity contribution in [2.75, 3.05) is 6.54 Å². The number of halogens is 4. The van der Waals surface area contributed by atoms with Crippen LogP contribution in [0.15, 0.2) is 47.1 Å². The highest BCUT2D eigenvalue weighted by Crippen LogP contribution is 2.32. The quantitative estimate of drug-likeness (QED) is 0.866. The molecule has 0 saturated carbocycles. The van der Waals surface area contributed by atoms with Crippen molar-refractivity contribution in [1.82, 2.24) is 10.3 Å². The molecule has 0 aliphatic heterocycles. The van der Waals surface area contributed by atoms with E-state index in [0.717, 1.165) is 16.6 Å². The van der Waals surface area contributed by atoms with Gasteiger partial charge in [-0.3, -0.25) is 4.98 Å². The van der Waals surface area contributed by atoms with Gasteiger partial charge in [-0.2, -0.15) is 13.2 Å². The minimum Gasteiger partial charge on any atom is -0.305 e. The number of rotatable bonds is 4. The van der Waals surface area contributed by atoms with Crippen LogP contribution in [0.5, 0.6) is 0 Å². The summed E-state index contributed by atoms with van der Waals surface area (Å²) in [6, 6.07) is 8.56. The molecule has 1 N–H and O–H groups in total. The van der Waals surface area contributed by atoms with E-state index in [0.29, 0.717) is 17.8 Å². The lowest BCUT2D eigenvalue weighted by Gasteiger charge is -2.19. The molecule has 112 valence electrons. The predicted octanol–water partition coefficient (Wildman–Crippen LogP) is 4.56. The normalized spacial score (nSPS) is 13.2. The molecule has 21 heavy (non-hydrogen) atoms. The molecular weight excluding hydrogens is 345 g/mol. The lowest BCUT2D eigenvalue weighted by atomic mass is 10.0. The first kappa shape index (κ1) is 16.0. The second kappa shape index (κ2) is 6.58. The molecule has 6 heteroatoms. The fourth-order valence-electron chi connectivity index (χ4n) is 2.05.